The zero-order valence-electron chi connectivity index (χ0n) is 10.8. The summed E-state index contributed by atoms with van der Waals surface area (Å²) in [4.78, 5) is 0. The van der Waals surface area contributed by atoms with E-state index in [1.54, 1.807) is 6.92 Å². The molecule has 0 saturated heterocycles. The molecule has 0 aliphatic heterocycles. The zero-order valence-corrected chi connectivity index (χ0v) is 10.8. The van der Waals surface area contributed by atoms with Gasteiger partial charge in [0.25, 0.3) is 0 Å². The molecule has 1 fully saturated rings. The zero-order chi connectivity index (χ0) is 12.5. The van der Waals surface area contributed by atoms with Crippen LogP contribution in [0.3, 0.4) is 0 Å². The van der Waals surface area contributed by atoms with Gasteiger partial charge in [0, 0.05) is 0 Å². The van der Waals surface area contributed by atoms with Crippen LogP contribution >= 0.6 is 0 Å². The van der Waals surface area contributed by atoms with E-state index >= 15 is 0 Å². The molecule has 1 aliphatic carbocycles. The van der Waals surface area contributed by atoms with E-state index in [-0.39, 0.29) is 17.4 Å². The van der Waals surface area contributed by atoms with Gasteiger partial charge in [0.2, 0.25) is 0 Å². The smallest absolute Gasteiger partial charge is 0.0827 e. The van der Waals surface area contributed by atoms with Crippen molar-refractivity contribution in [2.75, 3.05) is 0 Å². The highest BCUT2D eigenvalue weighted by Gasteiger charge is 2.45. The molecule has 0 aromatic rings. The van der Waals surface area contributed by atoms with Gasteiger partial charge in [0.05, 0.1) is 18.3 Å². The number of hydrogen-bond acceptors (Lipinski definition) is 3. The Labute approximate surface area is 98.5 Å². The van der Waals surface area contributed by atoms with E-state index in [9.17, 15) is 15.3 Å². The van der Waals surface area contributed by atoms with Crippen LogP contribution in [-0.2, 0) is 0 Å². The molecule has 0 aromatic heterocycles. The van der Waals surface area contributed by atoms with Crippen molar-refractivity contribution in [3.63, 3.8) is 0 Å². The lowest BCUT2D eigenvalue weighted by Crippen LogP contribution is -2.49. The number of rotatable bonds is 3. The fourth-order valence-electron chi connectivity index (χ4n) is 3.19. The van der Waals surface area contributed by atoms with E-state index in [2.05, 4.69) is 13.8 Å². The van der Waals surface area contributed by atoms with Gasteiger partial charge in [-0.05, 0) is 43.4 Å². The molecule has 1 saturated carbocycles. The van der Waals surface area contributed by atoms with Crippen molar-refractivity contribution in [3.8, 4) is 0 Å². The minimum absolute atomic E-state index is 0.0347. The molecule has 3 nitrogen and oxygen atoms in total. The predicted molar refractivity (Wildman–Crippen MR) is 64.0 cm³/mol. The van der Waals surface area contributed by atoms with Gasteiger partial charge in [0.15, 0.2) is 0 Å². The largest absolute Gasteiger partial charge is 0.393 e. The van der Waals surface area contributed by atoms with Crippen LogP contribution in [0.4, 0.5) is 0 Å². The van der Waals surface area contributed by atoms with Crippen molar-refractivity contribution in [1.82, 2.24) is 0 Å². The maximum absolute atomic E-state index is 9.90. The first-order chi connectivity index (χ1) is 7.25. The molecular formula is C13H26O3. The highest BCUT2D eigenvalue weighted by atomic mass is 16.3. The van der Waals surface area contributed by atoms with Crippen LogP contribution in [0.25, 0.3) is 0 Å². The Hall–Kier alpha value is -0.120. The molecule has 0 aromatic carbocycles. The molecule has 0 radical (unpaired) electrons. The van der Waals surface area contributed by atoms with Gasteiger partial charge >= 0.3 is 0 Å². The van der Waals surface area contributed by atoms with Crippen LogP contribution in [0.1, 0.15) is 47.0 Å². The maximum atomic E-state index is 9.90. The Morgan fingerprint density at radius 3 is 2.38 bits per heavy atom. The van der Waals surface area contributed by atoms with Crippen molar-refractivity contribution >= 4 is 0 Å². The lowest BCUT2D eigenvalue weighted by atomic mass is 9.60. The number of aliphatic hydroxyl groups is 3. The second-order valence-electron chi connectivity index (χ2n) is 6.14. The van der Waals surface area contributed by atoms with Gasteiger partial charge in [0.1, 0.15) is 0 Å². The average Bonchev–Trinajstić information content (AvgIpc) is 2.12. The average molecular weight is 230 g/mol. The van der Waals surface area contributed by atoms with E-state index in [0.29, 0.717) is 12.3 Å². The van der Waals surface area contributed by atoms with Gasteiger partial charge in [-0.3, -0.25) is 0 Å². The van der Waals surface area contributed by atoms with E-state index < -0.39 is 12.2 Å². The lowest BCUT2D eigenvalue weighted by Gasteiger charge is -2.48. The molecule has 0 amide bonds. The normalized spacial score (nSPS) is 40.7. The van der Waals surface area contributed by atoms with Gasteiger partial charge in [-0.25, -0.2) is 0 Å². The summed E-state index contributed by atoms with van der Waals surface area (Å²) in [6, 6.07) is 0. The van der Waals surface area contributed by atoms with Gasteiger partial charge in [-0.1, -0.05) is 20.8 Å². The number of hydrogen-bond donors (Lipinski definition) is 3. The summed E-state index contributed by atoms with van der Waals surface area (Å²) < 4.78 is 0. The van der Waals surface area contributed by atoms with Crippen molar-refractivity contribution in [3.05, 3.63) is 0 Å². The first kappa shape index (κ1) is 13.9. The molecule has 3 N–H and O–H groups in total. The summed E-state index contributed by atoms with van der Waals surface area (Å²) in [5, 5.41) is 29.0. The third-order valence-corrected chi connectivity index (χ3v) is 4.20. The highest BCUT2D eigenvalue weighted by Crippen LogP contribution is 2.46. The summed E-state index contributed by atoms with van der Waals surface area (Å²) in [6.45, 7) is 8.09. The van der Waals surface area contributed by atoms with Gasteiger partial charge in [-0.2, -0.15) is 0 Å². The standard InChI is InChI=1S/C13H26O3/c1-8(14)5-6-10-9(2)12(16)11(15)7-13(10,3)4/h8-12,14-16H,5-7H2,1-4H3. The van der Waals surface area contributed by atoms with Crippen LogP contribution in [0.2, 0.25) is 0 Å². The van der Waals surface area contributed by atoms with Crippen LogP contribution in [0.5, 0.6) is 0 Å². The minimum Gasteiger partial charge on any atom is -0.393 e. The van der Waals surface area contributed by atoms with E-state index in [1.165, 1.54) is 0 Å². The van der Waals surface area contributed by atoms with Crippen LogP contribution in [-0.4, -0.2) is 33.6 Å². The third kappa shape index (κ3) is 2.96. The molecule has 0 spiro atoms. The summed E-state index contributed by atoms with van der Waals surface area (Å²) in [6.07, 6.45) is 0.812. The molecular weight excluding hydrogens is 204 g/mol. The minimum atomic E-state index is -0.618. The van der Waals surface area contributed by atoms with Crippen LogP contribution in [0.15, 0.2) is 0 Å². The predicted octanol–water partition coefficient (Wildman–Crippen LogP) is 1.55. The Balaban J connectivity index is 2.70. The molecule has 0 heterocycles. The summed E-state index contributed by atoms with van der Waals surface area (Å²) in [5.41, 5.74) is 0.0347. The van der Waals surface area contributed by atoms with Crippen molar-refractivity contribution in [2.24, 2.45) is 17.3 Å². The highest BCUT2D eigenvalue weighted by molar-refractivity contribution is 4.95. The van der Waals surface area contributed by atoms with Crippen LogP contribution in [0, 0.1) is 17.3 Å². The van der Waals surface area contributed by atoms with E-state index in [1.807, 2.05) is 6.92 Å². The van der Waals surface area contributed by atoms with E-state index in [4.69, 9.17) is 0 Å². The van der Waals surface area contributed by atoms with Crippen molar-refractivity contribution in [1.29, 1.82) is 0 Å². The first-order valence-corrected chi connectivity index (χ1v) is 6.30. The molecule has 5 atom stereocenters. The molecule has 1 rings (SSSR count). The van der Waals surface area contributed by atoms with Crippen LogP contribution < -0.4 is 0 Å². The Morgan fingerprint density at radius 2 is 1.88 bits per heavy atom. The Kier molecular flexibility index (Phi) is 4.38. The molecule has 0 bridgehead atoms. The van der Waals surface area contributed by atoms with Crippen molar-refractivity contribution in [2.45, 2.75) is 65.3 Å². The summed E-state index contributed by atoms with van der Waals surface area (Å²) in [7, 11) is 0. The molecule has 5 unspecified atom stereocenters. The maximum Gasteiger partial charge on any atom is 0.0827 e. The Morgan fingerprint density at radius 1 is 1.31 bits per heavy atom. The summed E-state index contributed by atoms with van der Waals surface area (Å²) in [5.74, 6) is 0.456. The number of aliphatic hydroxyl groups excluding tert-OH is 3. The second kappa shape index (κ2) is 5.03. The van der Waals surface area contributed by atoms with Gasteiger partial charge < -0.3 is 15.3 Å². The summed E-state index contributed by atoms with van der Waals surface area (Å²) >= 11 is 0. The fraction of sp³-hybridized carbons (Fsp3) is 1.00. The monoisotopic (exact) mass is 230 g/mol. The van der Waals surface area contributed by atoms with Crippen molar-refractivity contribution < 1.29 is 15.3 Å². The van der Waals surface area contributed by atoms with E-state index in [0.717, 1.165) is 12.8 Å². The second-order valence-corrected chi connectivity index (χ2v) is 6.14. The lowest BCUT2D eigenvalue weighted by molar-refractivity contribution is -0.113. The fourth-order valence-corrected chi connectivity index (χ4v) is 3.19. The molecule has 1 aliphatic rings. The quantitative estimate of drug-likeness (QED) is 0.689. The molecule has 16 heavy (non-hydrogen) atoms. The van der Waals surface area contributed by atoms with Gasteiger partial charge in [-0.15, -0.1) is 0 Å². The first-order valence-electron chi connectivity index (χ1n) is 6.30. The molecule has 3 heteroatoms. The third-order valence-electron chi connectivity index (χ3n) is 4.20. The topological polar surface area (TPSA) is 60.7 Å². The Bertz CT molecular complexity index is 225. The SMILES string of the molecule is CC(O)CCC1C(C)C(O)C(O)CC1(C)C. The molecule has 96 valence electrons.